The molecule has 0 aliphatic carbocycles. The summed E-state index contributed by atoms with van der Waals surface area (Å²) in [6.07, 6.45) is 0. The van der Waals surface area contributed by atoms with Crippen LogP contribution in [0.2, 0.25) is 0 Å². The molecule has 1 aromatic rings. The molecule has 0 aromatic heterocycles. The largest absolute Gasteiger partial charge is 0.494 e. The Morgan fingerprint density at radius 3 is 2.47 bits per heavy atom. The number of rotatable bonds is 3. The van der Waals surface area contributed by atoms with Crippen LogP contribution in [0.1, 0.15) is 6.92 Å². The van der Waals surface area contributed by atoms with Gasteiger partial charge in [-0.1, -0.05) is 0 Å². The second-order valence-electron chi connectivity index (χ2n) is 3.25. The molecule has 8 heteroatoms. The molecule has 1 amide bonds. The zero-order chi connectivity index (χ0) is 13.2. The molecule has 1 aromatic carbocycles. The smallest absolute Gasteiger partial charge is 0.296 e. The predicted molar refractivity (Wildman–Crippen MR) is 61.5 cm³/mol. The molecule has 0 fully saturated rings. The van der Waals surface area contributed by atoms with Gasteiger partial charge in [0.2, 0.25) is 5.91 Å². The van der Waals surface area contributed by atoms with E-state index in [1.807, 2.05) is 0 Å². The molecular formula is C9H12N2O5S. The SMILES string of the molecule is COc1cc(N)cc(S(=O)(=O)O)c1NC(C)=O. The van der Waals surface area contributed by atoms with Gasteiger partial charge in [-0.3, -0.25) is 9.35 Å². The first-order valence-corrected chi connectivity index (χ1v) is 5.92. The number of hydrogen-bond acceptors (Lipinski definition) is 5. The van der Waals surface area contributed by atoms with Crippen LogP contribution < -0.4 is 15.8 Å². The van der Waals surface area contributed by atoms with Crippen LogP contribution in [0.3, 0.4) is 0 Å². The minimum absolute atomic E-state index is 0.0489. The molecule has 4 N–H and O–H groups in total. The van der Waals surface area contributed by atoms with Crippen LogP contribution in [0.4, 0.5) is 11.4 Å². The van der Waals surface area contributed by atoms with Crippen molar-refractivity contribution in [2.24, 2.45) is 0 Å². The normalized spacial score (nSPS) is 11.0. The Hall–Kier alpha value is -1.80. The maximum Gasteiger partial charge on any atom is 0.296 e. The van der Waals surface area contributed by atoms with Crippen molar-refractivity contribution in [3.63, 3.8) is 0 Å². The number of nitrogen functional groups attached to an aromatic ring is 1. The Labute approximate surface area is 98.3 Å². The lowest BCUT2D eigenvalue weighted by Gasteiger charge is -2.13. The molecule has 0 saturated carbocycles. The lowest BCUT2D eigenvalue weighted by molar-refractivity contribution is -0.114. The van der Waals surface area contributed by atoms with Gasteiger partial charge in [0, 0.05) is 18.7 Å². The third-order valence-corrected chi connectivity index (χ3v) is 2.76. The molecule has 0 atom stereocenters. The van der Waals surface area contributed by atoms with Crippen LogP contribution in [0.25, 0.3) is 0 Å². The van der Waals surface area contributed by atoms with Gasteiger partial charge in [-0.25, -0.2) is 0 Å². The number of carbonyl (C=O) groups excluding carboxylic acids is 1. The van der Waals surface area contributed by atoms with Crippen LogP contribution in [0.5, 0.6) is 5.75 Å². The van der Waals surface area contributed by atoms with Crippen molar-refractivity contribution in [3.05, 3.63) is 12.1 Å². The molecule has 17 heavy (non-hydrogen) atoms. The van der Waals surface area contributed by atoms with E-state index in [2.05, 4.69) is 5.32 Å². The van der Waals surface area contributed by atoms with Gasteiger partial charge in [0.15, 0.2) is 0 Å². The van der Waals surface area contributed by atoms with E-state index in [1.54, 1.807) is 0 Å². The standard InChI is InChI=1S/C9H12N2O5S/c1-5(12)11-9-7(16-2)3-6(10)4-8(9)17(13,14)15/h3-4H,10H2,1-2H3,(H,11,12)(H,13,14,15). The molecule has 0 aliphatic rings. The molecule has 7 nitrogen and oxygen atoms in total. The molecule has 0 aliphatic heterocycles. The average Bonchev–Trinajstić information content (AvgIpc) is 2.17. The monoisotopic (exact) mass is 260 g/mol. The van der Waals surface area contributed by atoms with E-state index in [-0.39, 0.29) is 17.1 Å². The zero-order valence-electron chi connectivity index (χ0n) is 9.22. The molecule has 0 heterocycles. The first-order valence-electron chi connectivity index (χ1n) is 4.48. The van der Waals surface area contributed by atoms with E-state index in [0.717, 1.165) is 6.07 Å². The van der Waals surface area contributed by atoms with E-state index in [9.17, 15) is 13.2 Å². The quantitative estimate of drug-likeness (QED) is 0.537. The van der Waals surface area contributed by atoms with Crippen LogP contribution in [0.15, 0.2) is 17.0 Å². The molecule has 0 radical (unpaired) electrons. The number of nitrogens with two attached hydrogens (primary N) is 1. The summed E-state index contributed by atoms with van der Waals surface area (Å²) in [6.45, 7) is 1.20. The van der Waals surface area contributed by atoms with Gasteiger partial charge in [-0.2, -0.15) is 8.42 Å². The number of hydrogen-bond donors (Lipinski definition) is 3. The highest BCUT2D eigenvalue weighted by Crippen LogP contribution is 2.34. The van der Waals surface area contributed by atoms with Crippen molar-refractivity contribution >= 4 is 27.4 Å². The summed E-state index contributed by atoms with van der Waals surface area (Å²) in [4.78, 5) is 10.5. The lowest BCUT2D eigenvalue weighted by atomic mass is 10.2. The maximum atomic E-state index is 11.1. The highest BCUT2D eigenvalue weighted by Gasteiger charge is 2.21. The van der Waals surface area contributed by atoms with E-state index in [0.29, 0.717) is 0 Å². The Morgan fingerprint density at radius 2 is 2.06 bits per heavy atom. The number of anilines is 2. The summed E-state index contributed by atoms with van der Waals surface area (Å²) in [5, 5.41) is 2.27. The predicted octanol–water partition coefficient (Wildman–Crippen LogP) is 0.482. The number of methoxy groups -OCH3 is 1. The number of benzene rings is 1. The molecule has 94 valence electrons. The third kappa shape index (κ3) is 3.08. The Kier molecular flexibility index (Phi) is 3.59. The van der Waals surface area contributed by atoms with Crippen LogP contribution in [-0.2, 0) is 14.9 Å². The van der Waals surface area contributed by atoms with Gasteiger partial charge in [0.1, 0.15) is 16.3 Å². The Bertz CT molecular complexity index is 553. The molecule has 0 bridgehead atoms. The van der Waals surface area contributed by atoms with Crippen molar-refractivity contribution in [1.29, 1.82) is 0 Å². The van der Waals surface area contributed by atoms with Crippen molar-refractivity contribution in [2.75, 3.05) is 18.2 Å². The second-order valence-corrected chi connectivity index (χ2v) is 4.64. The summed E-state index contributed by atoms with van der Waals surface area (Å²) in [5.41, 5.74) is 5.41. The van der Waals surface area contributed by atoms with Gasteiger partial charge in [-0.05, 0) is 6.07 Å². The van der Waals surface area contributed by atoms with Crippen molar-refractivity contribution in [1.82, 2.24) is 0 Å². The van der Waals surface area contributed by atoms with Gasteiger partial charge in [-0.15, -0.1) is 0 Å². The first kappa shape index (κ1) is 13.3. The van der Waals surface area contributed by atoms with E-state index >= 15 is 0 Å². The topological polar surface area (TPSA) is 119 Å². The lowest BCUT2D eigenvalue weighted by Crippen LogP contribution is -2.12. The fourth-order valence-electron chi connectivity index (χ4n) is 1.27. The highest BCUT2D eigenvalue weighted by atomic mass is 32.2. The summed E-state index contributed by atoms with van der Waals surface area (Å²) < 4.78 is 36.2. The Balaban J connectivity index is 3.55. The fraction of sp³-hybridized carbons (Fsp3) is 0.222. The summed E-state index contributed by atoms with van der Waals surface area (Å²) in [6, 6.07) is 2.36. The minimum Gasteiger partial charge on any atom is -0.494 e. The van der Waals surface area contributed by atoms with Gasteiger partial charge in [0.25, 0.3) is 10.1 Å². The van der Waals surface area contributed by atoms with Crippen LogP contribution in [0, 0.1) is 0 Å². The molecule has 0 spiro atoms. The van der Waals surface area contributed by atoms with E-state index < -0.39 is 20.9 Å². The van der Waals surface area contributed by atoms with Crippen molar-refractivity contribution < 1.29 is 22.5 Å². The number of nitrogens with one attached hydrogen (secondary N) is 1. The number of amides is 1. The second kappa shape index (κ2) is 4.60. The number of ether oxygens (including phenoxy) is 1. The number of carbonyl (C=O) groups is 1. The van der Waals surface area contributed by atoms with E-state index in [4.69, 9.17) is 15.0 Å². The molecule has 0 unspecified atom stereocenters. The van der Waals surface area contributed by atoms with Gasteiger partial charge >= 0.3 is 0 Å². The van der Waals surface area contributed by atoms with Crippen molar-refractivity contribution in [3.8, 4) is 5.75 Å². The van der Waals surface area contributed by atoms with Crippen molar-refractivity contribution in [2.45, 2.75) is 11.8 Å². The third-order valence-electron chi connectivity index (χ3n) is 1.89. The highest BCUT2D eigenvalue weighted by molar-refractivity contribution is 7.86. The molecule has 0 saturated heterocycles. The average molecular weight is 260 g/mol. The summed E-state index contributed by atoms with van der Waals surface area (Å²) >= 11 is 0. The van der Waals surface area contributed by atoms with Gasteiger partial charge in [0.05, 0.1) is 7.11 Å². The summed E-state index contributed by atoms with van der Waals surface area (Å²) in [5.74, 6) is -0.453. The zero-order valence-corrected chi connectivity index (χ0v) is 10.0. The van der Waals surface area contributed by atoms with Crippen LogP contribution in [-0.4, -0.2) is 26.0 Å². The molecule has 1 rings (SSSR count). The first-order chi connectivity index (χ1) is 7.75. The fourth-order valence-corrected chi connectivity index (χ4v) is 1.97. The van der Waals surface area contributed by atoms with Crippen LogP contribution >= 0.6 is 0 Å². The molecular weight excluding hydrogens is 248 g/mol. The van der Waals surface area contributed by atoms with E-state index in [1.165, 1.54) is 20.1 Å². The minimum atomic E-state index is -4.51. The Morgan fingerprint density at radius 1 is 1.47 bits per heavy atom. The van der Waals surface area contributed by atoms with Gasteiger partial charge < -0.3 is 15.8 Å². The summed E-state index contributed by atoms with van der Waals surface area (Å²) in [7, 11) is -3.22. The maximum absolute atomic E-state index is 11.1.